The number of anilines is 1. The van der Waals surface area contributed by atoms with Gasteiger partial charge in [0.05, 0.1) is 29.1 Å². The lowest BCUT2D eigenvalue weighted by molar-refractivity contribution is -0.170. The Kier molecular flexibility index (Phi) is 10.5. The van der Waals surface area contributed by atoms with Gasteiger partial charge < -0.3 is 30.6 Å². The number of aromatic carboxylic acids is 1. The molecule has 0 aliphatic carbocycles. The minimum atomic E-state index is -3.79. The number of aliphatic carboxylic acids is 3. The van der Waals surface area contributed by atoms with Crippen molar-refractivity contribution in [3.63, 3.8) is 0 Å². The summed E-state index contributed by atoms with van der Waals surface area (Å²) in [5.41, 5.74) is -2.44. The number of nitrogens with zero attached hydrogens (tertiary/aromatic N) is 3. The predicted octanol–water partition coefficient (Wildman–Crippen LogP) is 2.45. The van der Waals surface area contributed by atoms with Gasteiger partial charge in [0.25, 0.3) is 10.0 Å². The monoisotopic (exact) mass is 590 g/mol. The zero-order valence-electron chi connectivity index (χ0n) is 20.6. The van der Waals surface area contributed by atoms with E-state index in [0.717, 1.165) is 0 Å². The Morgan fingerprint density at radius 1 is 0.829 bits per heavy atom. The quantitative estimate of drug-likeness (QED) is 0.158. The molecule has 0 saturated carbocycles. The van der Waals surface area contributed by atoms with Crippen LogP contribution in [0.25, 0.3) is 0 Å². The van der Waals surface area contributed by atoms with E-state index in [4.69, 9.17) is 25.5 Å². The Bertz CT molecular complexity index is 1540. The number of carboxylic acids is 4. The summed E-state index contributed by atoms with van der Waals surface area (Å²) < 4.78 is 27.0. The fraction of sp³-hybridized carbons (Fsp3) is 0.125. The second kappa shape index (κ2) is 13.6. The number of pyridine rings is 1. The zero-order chi connectivity index (χ0) is 30.8. The summed E-state index contributed by atoms with van der Waals surface area (Å²) in [6.45, 7) is 0. The van der Waals surface area contributed by atoms with Crippen LogP contribution in [0.4, 0.5) is 17.2 Å². The molecule has 0 saturated heterocycles. The Morgan fingerprint density at radius 2 is 1.39 bits per heavy atom. The van der Waals surface area contributed by atoms with E-state index in [2.05, 4.69) is 19.9 Å². The van der Waals surface area contributed by atoms with Gasteiger partial charge in [0.15, 0.2) is 5.60 Å². The van der Waals surface area contributed by atoms with E-state index < -0.39 is 52.3 Å². The van der Waals surface area contributed by atoms with Crippen molar-refractivity contribution in [1.29, 1.82) is 0 Å². The molecule has 17 heteroatoms. The van der Waals surface area contributed by atoms with Crippen LogP contribution in [0.15, 0.2) is 82.0 Å². The summed E-state index contributed by atoms with van der Waals surface area (Å²) in [7, 11) is -3.79. The van der Waals surface area contributed by atoms with Crippen molar-refractivity contribution in [2.24, 2.45) is 10.2 Å². The van der Waals surface area contributed by atoms with Crippen molar-refractivity contribution in [1.82, 2.24) is 4.98 Å². The van der Waals surface area contributed by atoms with Gasteiger partial charge in [-0.3, -0.25) is 14.3 Å². The smallest absolute Gasteiger partial charge is 0.339 e. The number of carbonyl (C=O) groups is 4. The van der Waals surface area contributed by atoms with Crippen molar-refractivity contribution in [3.05, 3.63) is 72.4 Å². The van der Waals surface area contributed by atoms with Crippen LogP contribution < -0.4 is 4.72 Å². The number of benzene rings is 2. The lowest BCUT2D eigenvalue weighted by atomic mass is 9.96. The Labute approximate surface area is 230 Å². The molecule has 7 N–H and O–H groups in total. The van der Waals surface area contributed by atoms with Gasteiger partial charge in [0.2, 0.25) is 0 Å². The van der Waals surface area contributed by atoms with Crippen molar-refractivity contribution in [3.8, 4) is 5.75 Å². The highest BCUT2D eigenvalue weighted by Crippen LogP contribution is 2.26. The van der Waals surface area contributed by atoms with Gasteiger partial charge in [-0.2, -0.15) is 10.2 Å². The van der Waals surface area contributed by atoms with Gasteiger partial charge in [-0.1, -0.05) is 6.07 Å². The van der Waals surface area contributed by atoms with E-state index in [1.54, 1.807) is 12.1 Å². The molecule has 0 aliphatic heterocycles. The van der Waals surface area contributed by atoms with Crippen LogP contribution >= 0.6 is 0 Å². The molecule has 0 unspecified atom stereocenters. The lowest BCUT2D eigenvalue weighted by Gasteiger charge is -2.18. The minimum absolute atomic E-state index is 0.0231. The largest absolute Gasteiger partial charge is 0.507 e. The van der Waals surface area contributed by atoms with Crippen molar-refractivity contribution < 1.29 is 58.2 Å². The van der Waals surface area contributed by atoms with E-state index in [0.29, 0.717) is 5.69 Å². The molecular weight excluding hydrogens is 568 g/mol. The first kappa shape index (κ1) is 31.8. The van der Waals surface area contributed by atoms with Crippen LogP contribution in [-0.4, -0.2) is 73.5 Å². The molecule has 0 aliphatic rings. The number of aromatic hydroxyl groups is 1. The Morgan fingerprint density at radius 3 is 1.88 bits per heavy atom. The predicted molar refractivity (Wildman–Crippen MR) is 138 cm³/mol. The van der Waals surface area contributed by atoms with Crippen molar-refractivity contribution in [2.75, 3.05) is 4.72 Å². The highest BCUT2D eigenvalue weighted by atomic mass is 32.2. The molecule has 1 aromatic heterocycles. The second-order valence-electron chi connectivity index (χ2n) is 8.00. The number of rotatable bonds is 11. The number of hydrogen-bond acceptors (Lipinski definition) is 11. The Balaban J connectivity index is 0.000000383. The standard InChI is InChI=1S/C18H14N4O5S.C6H8O7/c23-16-9-6-13(11-15(16)18(24)25)21-20-12-4-7-14(8-5-12)28(26,27)22-17-3-1-2-10-19-17;7-3(8)1-6(13,5(11)12)2-4(9)10/h1-11,23H,(H,19,22)(H,24,25);13H,1-2H2,(H,7,8)(H,9,10)(H,11,12). The highest BCUT2D eigenvalue weighted by molar-refractivity contribution is 7.92. The van der Waals surface area contributed by atoms with Gasteiger partial charge in [0.1, 0.15) is 17.1 Å². The molecule has 0 spiro atoms. The van der Waals surface area contributed by atoms with E-state index in [1.807, 2.05) is 0 Å². The molecule has 0 amide bonds. The van der Waals surface area contributed by atoms with Crippen LogP contribution in [0, 0.1) is 0 Å². The molecular formula is C24H22N4O12S. The fourth-order valence-corrected chi connectivity index (χ4v) is 3.91. The molecule has 3 aromatic rings. The third-order valence-corrected chi connectivity index (χ3v) is 6.20. The molecule has 0 bridgehead atoms. The summed E-state index contributed by atoms with van der Waals surface area (Å²) in [6.07, 6.45) is -0.816. The summed E-state index contributed by atoms with van der Waals surface area (Å²) in [5, 5.41) is 60.1. The average Bonchev–Trinajstić information content (AvgIpc) is 2.88. The third-order valence-electron chi connectivity index (χ3n) is 4.83. The normalized spacial score (nSPS) is 11.2. The maximum absolute atomic E-state index is 12.3. The van der Waals surface area contributed by atoms with Gasteiger partial charge in [-0.25, -0.2) is 23.0 Å². The molecule has 3 rings (SSSR count). The van der Waals surface area contributed by atoms with Crippen LogP contribution in [-0.2, 0) is 24.4 Å². The van der Waals surface area contributed by atoms with Crippen LogP contribution in [0.3, 0.4) is 0 Å². The van der Waals surface area contributed by atoms with E-state index >= 15 is 0 Å². The third kappa shape index (κ3) is 9.68. The average molecular weight is 591 g/mol. The number of aliphatic hydroxyl groups is 1. The van der Waals surface area contributed by atoms with Gasteiger partial charge >= 0.3 is 23.9 Å². The number of sulfonamides is 1. The molecule has 2 aromatic carbocycles. The first-order valence-electron chi connectivity index (χ1n) is 11.0. The molecule has 216 valence electrons. The molecule has 0 atom stereocenters. The van der Waals surface area contributed by atoms with Gasteiger partial charge in [-0.15, -0.1) is 0 Å². The molecule has 16 nitrogen and oxygen atoms in total. The highest BCUT2D eigenvalue weighted by Gasteiger charge is 2.40. The fourth-order valence-electron chi connectivity index (χ4n) is 2.90. The van der Waals surface area contributed by atoms with Crippen LogP contribution in [0.5, 0.6) is 5.75 Å². The number of hydrogen-bond donors (Lipinski definition) is 7. The summed E-state index contributed by atoms with van der Waals surface area (Å²) in [5.74, 6) is -6.48. The minimum Gasteiger partial charge on any atom is -0.507 e. The summed E-state index contributed by atoms with van der Waals surface area (Å²) in [6, 6.07) is 14.3. The van der Waals surface area contributed by atoms with Crippen LogP contribution in [0.2, 0.25) is 0 Å². The number of phenols is 1. The van der Waals surface area contributed by atoms with E-state index in [1.165, 1.54) is 54.7 Å². The number of nitrogens with one attached hydrogen (secondary N) is 1. The second-order valence-corrected chi connectivity index (χ2v) is 9.68. The van der Waals surface area contributed by atoms with E-state index in [-0.39, 0.29) is 27.7 Å². The van der Waals surface area contributed by atoms with Crippen molar-refractivity contribution >= 4 is 51.1 Å². The topological polar surface area (TPSA) is 273 Å². The molecule has 1 heterocycles. The summed E-state index contributed by atoms with van der Waals surface area (Å²) in [4.78, 5) is 45.4. The zero-order valence-corrected chi connectivity index (χ0v) is 21.5. The first-order chi connectivity index (χ1) is 19.1. The Hall–Kier alpha value is -5.42. The first-order valence-corrected chi connectivity index (χ1v) is 12.5. The van der Waals surface area contributed by atoms with Crippen LogP contribution in [0.1, 0.15) is 23.2 Å². The maximum Gasteiger partial charge on any atom is 0.339 e. The number of carboxylic acid groups (broad SMARTS) is 4. The van der Waals surface area contributed by atoms with E-state index in [9.17, 15) is 32.7 Å². The van der Waals surface area contributed by atoms with Crippen molar-refractivity contribution in [2.45, 2.75) is 23.3 Å². The molecule has 0 radical (unpaired) electrons. The molecule has 41 heavy (non-hydrogen) atoms. The van der Waals surface area contributed by atoms with Gasteiger partial charge in [-0.05, 0) is 54.6 Å². The maximum atomic E-state index is 12.3. The number of aromatic nitrogens is 1. The lowest BCUT2D eigenvalue weighted by Crippen LogP contribution is -2.42. The summed E-state index contributed by atoms with van der Waals surface area (Å²) >= 11 is 0. The SMILES string of the molecule is O=C(O)CC(O)(CC(=O)O)C(=O)O.O=C(O)c1cc(N=Nc2ccc(S(=O)(=O)Nc3ccccn3)cc2)ccc1O. The number of azo groups is 1. The molecule has 0 fully saturated rings. The van der Waals surface area contributed by atoms with Gasteiger partial charge in [0, 0.05) is 6.20 Å².